The molecule has 0 aliphatic heterocycles. The summed E-state index contributed by atoms with van der Waals surface area (Å²) in [6.07, 6.45) is 1.11. The van der Waals surface area contributed by atoms with Crippen molar-refractivity contribution in [2.45, 2.75) is 43.7 Å². The molecule has 8 heteroatoms. The second-order valence-electron chi connectivity index (χ2n) is 5.23. The second kappa shape index (κ2) is 5.18. The summed E-state index contributed by atoms with van der Waals surface area (Å²) in [5, 5.41) is 10.0. The Balaban J connectivity index is 3.16. The van der Waals surface area contributed by atoms with Gasteiger partial charge in [-0.05, 0) is 33.8 Å². The van der Waals surface area contributed by atoms with E-state index in [4.69, 9.17) is 23.2 Å². The maximum Gasteiger partial charge on any atom is 0.242 e. The molecular formula is C11H16Cl2N2O3S. The first-order valence-electron chi connectivity index (χ1n) is 5.44. The quantitative estimate of drug-likeness (QED) is 0.831. The van der Waals surface area contributed by atoms with Gasteiger partial charge in [0.15, 0.2) is 0 Å². The maximum absolute atomic E-state index is 12.2. The van der Waals surface area contributed by atoms with Gasteiger partial charge in [0.2, 0.25) is 10.0 Å². The average Bonchev–Trinajstić information content (AvgIpc) is 2.18. The molecule has 0 fully saturated rings. The van der Waals surface area contributed by atoms with Crippen molar-refractivity contribution >= 4 is 33.2 Å². The lowest BCUT2D eigenvalue weighted by Crippen LogP contribution is -2.57. The van der Waals surface area contributed by atoms with Crippen molar-refractivity contribution in [2.24, 2.45) is 0 Å². The summed E-state index contributed by atoms with van der Waals surface area (Å²) in [6, 6.07) is 1.21. The molecule has 0 radical (unpaired) electrons. The molecule has 0 bridgehead atoms. The number of hydrogen-bond acceptors (Lipinski definition) is 4. The van der Waals surface area contributed by atoms with Gasteiger partial charge in [-0.15, -0.1) is 0 Å². The lowest BCUT2D eigenvalue weighted by atomic mass is 9.87. The van der Waals surface area contributed by atoms with Crippen LogP contribution in [0.2, 0.25) is 10.2 Å². The van der Waals surface area contributed by atoms with E-state index in [0.717, 1.165) is 6.20 Å². The highest BCUT2D eigenvalue weighted by molar-refractivity contribution is 7.89. The second-order valence-corrected chi connectivity index (χ2v) is 7.68. The molecule has 0 saturated carbocycles. The third-order valence-electron chi connectivity index (χ3n) is 3.00. The summed E-state index contributed by atoms with van der Waals surface area (Å²) in [7, 11) is -3.86. The predicted octanol–water partition coefficient (Wildman–Crippen LogP) is 2.22. The van der Waals surface area contributed by atoms with Crippen LogP contribution in [-0.4, -0.2) is 29.6 Å². The van der Waals surface area contributed by atoms with Crippen molar-refractivity contribution in [3.63, 3.8) is 0 Å². The summed E-state index contributed by atoms with van der Waals surface area (Å²) >= 11 is 11.4. The molecule has 108 valence electrons. The monoisotopic (exact) mass is 326 g/mol. The van der Waals surface area contributed by atoms with Crippen LogP contribution in [0.3, 0.4) is 0 Å². The molecule has 0 aliphatic carbocycles. The number of sulfonamides is 1. The smallest absolute Gasteiger partial charge is 0.242 e. The van der Waals surface area contributed by atoms with Gasteiger partial charge in [-0.2, -0.15) is 0 Å². The van der Waals surface area contributed by atoms with Crippen LogP contribution >= 0.6 is 23.2 Å². The van der Waals surface area contributed by atoms with Crippen LogP contribution in [0.15, 0.2) is 17.2 Å². The van der Waals surface area contributed by atoms with Gasteiger partial charge >= 0.3 is 0 Å². The minimum Gasteiger partial charge on any atom is -0.389 e. The van der Waals surface area contributed by atoms with Crippen LogP contribution in [0.25, 0.3) is 0 Å². The average molecular weight is 327 g/mol. The lowest BCUT2D eigenvalue weighted by Gasteiger charge is -2.37. The maximum atomic E-state index is 12.2. The Bertz CT molecular complexity index is 580. The molecule has 0 atom stereocenters. The van der Waals surface area contributed by atoms with Gasteiger partial charge in [-0.25, -0.2) is 18.1 Å². The van der Waals surface area contributed by atoms with Crippen molar-refractivity contribution < 1.29 is 13.5 Å². The number of hydrogen-bond donors (Lipinski definition) is 2. The summed E-state index contributed by atoms with van der Waals surface area (Å²) < 4.78 is 26.8. The Labute approximate surface area is 123 Å². The number of nitrogens with one attached hydrogen (secondary N) is 1. The van der Waals surface area contributed by atoms with Crippen molar-refractivity contribution in [3.05, 3.63) is 22.4 Å². The normalized spacial score (nSPS) is 13.6. The molecule has 0 aliphatic rings. The largest absolute Gasteiger partial charge is 0.389 e. The number of pyridine rings is 1. The Kier molecular flexibility index (Phi) is 4.54. The van der Waals surface area contributed by atoms with E-state index in [1.807, 2.05) is 0 Å². The van der Waals surface area contributed by atoms with Crippen molar-refractivity contribution in [1.82, 2.24) is 9.71 Å². The molecule has 1 rings (SSSR count). The fourth-order valence-corrected chi connectivity index (χ4v) is 2.91. The summed E-state index contributed by atoms with van der Waals surface area (Å²) in [5.74, 6) is 0. The molecule has 0 spiro atoms. The van der Waals surface area contributed by atoms with E-state index in [1.165, 1.54) is 19.9 Å². The number of halogens is 2. The molecule has 0 saturated heterocycles. The third kappa shape index (κ3) is 3.79. The minimum atomic E-state index is -3.86. The van der Waals surface area contributed by atoms with Crippen LogP contribution < -0.4 is 4.72 Å². The zero-order chi connectivity index (χ0) is 15.1. The third-order valence-corrected chi connectivity index (χ3v) is 5.31. The summed E-state index contributed by atoms with van der Waals surface area (Å²) in [5.41, 5.74) is -2.32. The predicted molar refractivity (Wildman–Crippen MR) is 75.0 cm³/mol. The van der Waals surface area contributed by atoms with Gasteiger partial charge in [-0.1, -0.05) is 23.2 Å². The van der Waals surface area contributed by atoms with Crippen LogP contribution in [0, 0.1) is 0 Å². The van der Waals surface area contributed by atoms with E-state index in [9.17, 15) is 13.5 Å². The molecule has 1 heterocycles. The zero-order valence-electron chi connectivity index (χ0n) is 11.0. The molecule has 0 amide bonds. The number of rotatable bonds is 4. The van der Waals surface area contributed by atoms with E-state index in [2.05, 4.69) is 9.71 Å². The van der Waals surface area contributed by atoms with E-state index >= 15 is 0 Å². The summed E-state index contributed by atoms with van der Waals surface area (Å²) in [4.78, 5) is 3.58. The first-order valence-corrected chi connectivity index (χ1v) is 7.68. The molecule has 19 heavy (non-hydrogen) atoms. The first-order chi connectivity index (χ1) is 8.37. The zero-order valence-corrected chi connectivity index (χ0v) is 13.4. The molecule has 0 unspecified atom stereocenters. The fraction of sp³-hybridized carbons (Fsp3) is 0.545. The number of aromatic nitrogens is 1. The van der Waals surface area contributed by atoms with Crippen molar-refractivity contribution in [3.8, 4) is 0 Å². The molecule has 1 aromatic heterocycles. The van der Waals surface area contributed by atoms with Crippen molar-refractivity contribution in [2.75, 3.05) is 0 Å². The van der Waals surface area contributed by atoms with Gasteiger partial charge < -0.3 is 5.11 Å². The highest BCUT2D eigenvalue weighted by Crippen LogP contribution is 2.26. The van der Waals surface area contributed by atoms with Gasteiger partial charge in [0, 0.05) is 6.20 Å². The first kappa shape index (κ1) is 16.7. The number of aliphatic hydroxyl groups is 1. The van der Waals surface area contributed by atoms with Crippen LogP contribution in [-0.2, 0) is 10.0 Å². The Morgan fingerprint density at radius 2 is 1.79 bits per heavy atom. The van der Waals surface area contributed by atoms with E-state index in [-0.39, 0.29) is 15.1 Å². The van der Waals surface area contributed by atoms with Gasteiger partial charge in [0.05, 0.1) is 16.2 Å². The standard InChI is InChI=1S/C11H16Cl2N2O3S/c1-10(2,11(3,4)16)15-19(17,18)7-5-8(12)9(13)14-6-7/h5-6,15-16H,1-4H3. The molecule has 2 N–H and O–H groups in total. The fourth-order valence-electron chi connectivity index (χ4n) is 1.07. The van der Waals surface area contributed by atoms with E-state index in [1.54, 1.807) is 13.8 Å². The SMILES string of the molecule is CC(C)(O)C(C)(C)NS(=O)(=O)c1cnc(Cl)c(Cl)c1. The number of nitrogens with zero attached hydrogens (tertiary/aromatic N) is 1. The molecular weight excluding hydrogens is 311 g/mol. The van der Waals surface area contributed by atoms with Gasteiger partial charge in [0.1, 0.15) is 10.0 Å². The van der Waals surface area contributed by atoms with E-state index < -0.39 is 21.2 Å². The van der Waals surface area contributed by atoms with Gasteiger partial charge in [-0.3, -0.25) is 0 Å². The van der Waals surface area contributed by atoms with Gasteiger partial charge in [0.25, 0.3) is 0 Å². The van der Waals surface area contributed by atoms with Crippen molar-refractivity contribution in [1.29, 1.82) is 0 Å². The van der Waals surface area contributed by atoms with Crippen LogP contribution in [0.4, 0.5) is 0 Å². The molecule has 1 aromatic rings. The highest BCUT2D eigenvalue weighted by atomic mass is 35.5. The Morgan fingerprint density at radius 1 is 1.26 bits per heavy atom. The molecule has 5 nitrogen and oxygen atoms in total. The van der Waals surface area contributed by atoms with Crippen LogP contribution in [0.1, 0.15) is 27.7 Å². The topological polar surface area (TPSA) is 79.3 Å². The Hall–Kier alpha value is -0.400. The molecule has 0 aromatic carbocycles. The lowest BCUT2D eigenvalue weighted by molar-refractivity contribution is 0.00638. The van der Waals surface area contributed by atoms with Crippen LogP contribution in [0.5, 0.6) is 0 Å². The summed E-state index contributed by atoms with van der Waals surface area (Å²) in [6.45, 7) is 6.19. The Morgan fingerprint density at radius 3 is 2.21 bits per heavy atom. The highest BCUT2D eigenvalue weighted by Gasteiger charge is 2.39. The minimum absolute atomic E-state index is 0.0300. The van der Waals surface area contributed by atoms with E-state index in [0.29, 0.717) is 0 Å².